The summed E-state index contributed by atoms with van der Waals surface area (Å²) in [6.07, 6.45) is 2.25. The molecule has 0 saturated carbocycles. The summed E-state index contributed by atoms with van der Waals surface area (Å²) >= 11 is 0. The molecule has 0 radical (unpaired) electrons. The third-order valence-corrected chi connectivity index (χ3v) is 4.57. The van der Waals surface area contributed by atoms with Crippen LogP contribution in [0.15, 0.2) is 28.8 Å². The Morgan fingerprint density at radius 3 is 3.04 bits per heavy atom. The number of carbonyl (C=O) groups is 1. The van der Waals surface area contributed by atoms with Crippen molar-refractivity contribution in [3.63, 3.8) is 0 Å². The van der Waals surface area contributed by atoms with Crippen molar-refractivity contribution in [1.82, 2.24) is 15.0 Å². The first-order chi connectivity index (χ1) is 11.5. The quantitative estimate of drug-likeness (QED) is 0.861. The van der Waals surface area contributed by atoms with Gasteiger partial charge in [-0.05, 0) is 43.4 Å². The molecule has 1 fully saturated rings. The summed E-state index contributed by atoms with van der Waals surface area (Å²) in [7, 11) is 0. The van der Waals surface area contributed by atoms with Gasteiger partial charge in [-0.25, -0.2) is 4.39 Å². The lowest BCUT2D eigenvalue weighted by Crippen LogP contribution is -2.39. The van der Waals surface area contributed by atoms with Crippen molar-refractivity contribution in [2.45, 2.75) is 44.9 Å². The Labute approximate surface area is 140 Å². The molecule has 2 atom stereocenters. The number of likely N-dealkylation sites (tertiary alicyclic amines) is 1. The summed E-state index contributed by atoms with van der Waals surface area (Å²) in [4.78, 5) is 18.8. The molecule has 1 aromatic heterocycles. The van der Waals surface area contributed by atoms with Crippen molar-refractivity contribution in [1.29, 1.82) is 0 Å². The second-order valence-corrected chi connectivity index (χ2v) is 6.52. The third-order valence-electron chi connectivity index (χ3n) is 4.57. The molecular weight excluding hydrogens is 309 g/mol. The number of aromatic nitrogens is 2. The average molecular weight is 331 g/mol. The molecule has 0 N–H and O–H groups in total. The molecule has 1 aromatic carbocycles. The van der Waals surface area contributed by atoms with Crippen LogP contribution in [0.2, 0.25) is 0 Å². The maximum Gasteiger partial charge on any atom is 0.231 e. The fourth-order valence-corrected chi connectivity index (χ4v) is 3.21. The Kier molecular flexibility index (Phi) is 4.92. The van der Waals surface area contributed by atoms with E-state index in [0.29, 0.717) is 24.7 Å². The lowest BCUT2D eigenvalue weighted by molar-refractivity contribution is -0.132. The molecule has 5 nitrogen and oxygen atoms in total. The molecule has 1 aliphatic heterocycles. The molecule has 24 heavy (non-hydrogen) atoms. The van der Waals surface area contributed by atoms with Gasteiger partial charge in [0.25, 0.3) is 0 Å². The second kappa shape index (κ2) is 7.11. The zero-order valence-corrected chi connectivity index (χ0v) is 14.0. The first-order valence-electron chi connectivity index (χ1n) is 8.36. The van der Waals surface area contributed by atoms with Gasteiger partial charge in [0.2, 0.25) is 11.8 Å². The van der Waals surface area contributed by atoms with Gasteiger partial charge in [0.15, 0.2) is 5.82 Å². The lowest BCUT2D eigenvalue weighted by Gasteiger charge is -2.31. The van der Waals surface area contributed by atoms with Gasteiger partial charge in [0.1, 0.15) is 5.82 Å². The van der Waals surface area contributed by atoms with E-state index in [2.05, 4.69) is 10.1 Å². The summed E-state index contributed by atoms with van der Waals surface area (Å²) in [6, 6.07) is 6.46. The number of hydrogen-bond donors (Lipinski definition) is 0. The molecule has 0 aliphatic carbocycles. The Hall–Kier alpha value is -2.24. The monoisotopic (exact) mass is 331 g/mol. The van der Waals surface area contributed by atoms with Gasteiger partial charge in [0.05, 0.1) is 5.92 Å². The number of amides is 1. The fraction of sp³-hybridized carbons (Fsp3) is 0.500. The molecule has 0 spiro atoms. The lowest BCUT2D eigenvalue weighted by atomic mass is 9.94. The number of benzene rings is 1. The van der Waals surface area contributed by atoms with E-state index in [1.807, 2.05) is 17.9 Å². The summed E-state index contributed by atoms with van der Waals surface area (Å²) in [5.41, 5.74) is 0.851. The number of piperidine rings is 1. The van der Waals surface area contributed by atoms with Gasteiger partial charge < -0.3 is 9.42 Å². The third kappa shape index (κ3) is 3.80. The number of nitrogens with zero attached hydrogens (tertiary/aromatic N) is 3. The summed E-state index contributed by atoms with van der Waals surface area (Å²) in [5, 5.41) is 3.83. The molecule has 1 amide bonds. The highest BCUT2D eigenvalue weighted by atomic mass is 19.1. The number of carbonyl (C=O) groups excluding carboxylic acids is 1. The molecule has 6 heteroatoms. The standard InChI is InChI=1S/C18H22FN3O2/c1-12(14-5-3-7-16(19)10-14)9-17(23)22-8-4-6-15(11-22)18-20-13(2)21-24-18/h3,5,7,10,12,15H,4,6,8-9,11H2,1-2H3. The molecule has 1 saturated heterocycles. The van der Waals surface area contributed by atoms with Gasteiger partial charge in [-0.1, -0.05) is 24.2 Å². The Bertz CT molecular complexity index is 716. The fourth-order valence-electron chi connectivity index (χ4n) is 3.21. The molecule has 2 heterocycles. The van der Waals surface area contributed by atoms with Crippen LogP contribution in [-0.4, -0.2) is 34.0 Å². The zero-order valence-electron chi connectivity index (χ0n) is 14.0. The SMILES string of the molecule is Cc1noc(C2CCCN(C(=O)CC(C)c3cccc(F)c3)C2)n1. The van der Waals surface area contributed by atoms with Crippen LogP contribution in [0.1, 0.15) is 55.3 Å². The minimum absolute atomic E-state index is 0.0146. The van der Waals surface area contributed by atoms with Crippen molar-refractivity contribution in [3.8, 4) is 0 Å². The highest BCUT2D eigenvalue weighted by Crippen LogP contribution is 2.27. The number of hydrogen-bond acceptors (Lipinski definition) is 4. The molecule has 1 aliphatic rings. The number of aryl methyl sites for hydroxylation is 1. The van der Waals surface area contributed by atoms with Gasteiger partial charge in [0, 0.05) is 19.5 Å². The van der Waals surface area contributed by atoms with E-state index in [-0.39, 0.29) is 23.6 Å². The van der Waals surface area contributed by atoms with Crippen LogP contribution in [0.3, 0.4) is 0 Å². The van der Waals surface area contributed by atoms with Gasteiger partial charge in [-0.3, -0.25) is 4.79 Å². The molecule has 128 valence electrons. The maximum absolute atomic E-state index is 13.3. The number of rotatable bonds is 4. The minimum atomic E-state index is -0.267. The van der Waals surface area contributed by atoms with Crippen LogP contribution in [-0.2, 0) is 4.79 Å². The first kappa shape index (κ1) is 16.6. The van der Waals surface area contributed by atoms with E-state index in [9.17, 15) is 9.18 Å². The summed E-state index contributed by atoms with van der Waals surface area (Å²) < 4.78 is 18.6. The molecular formula is C18H22FN3O2. The van der Waals surface area contributed by atoms with Crippen molar-refractivity contribution in [2.75, 3.05) is 13.1 Å². The second-order valence-electron chi connectivity index (χ2n) is 6.52. The predicted octanol–water partition coefficient (Wildman–Crippen LogP) is 3.42. The van der Waals surface area contributed by atoms with E-state index in [1.165, 1.54) is 12.1 Å². The molecule has 2 unspecified atom stereocenters. The first-order valence-corrected chi connectivity index (χ1v) is 8.36. The van der Waals surface area contributed by atoms with Crippen molar-refractivity contribution in [3.05, 3.63) is 47.4 Å². The van der Waals surface area contributed by atoms with Crippen LogP contribution >= 0.6 is 0 Å². The van der Waals surface area contributed by atoms with Gasteiger partial charge >= 0.3 is 0 Å². The van der Waals surface area contributed by atoms with Gasteiger partial charge in [-0.2, -0.15) is 4.98 Å². The topological polar surface area (TPSA) is 59.2 Å². The van der Waals surface area contributed by atoms with E-state index < -0.39 is 0 Å². The highest BCUT2D eigenvalue weighted by molar-refractivity contribution is 5.77. The molecule has 2 aromatic rings. The van der Waals surface area contributed by atoms with E-state index in [1.54, 1.807) is 13.0 Å². The zero-order chi connectivity index (χ0) is 17.1. The van der Waals surface area contributed by atoms with Crippen LogP contribution in [0.4, 0.5) is 4.39 Å². The Morgan fingerprint density at radius 2 is 2.33 bits per heavy atom. The van der Waals surface area contributed by atoms with Crippen molar-refractivity contribution in [2.24, 2.45) is 0 Å². The van der Waals surface area contributed by atoms with Crippen LogP contribution < -0.4 is 0 Å². The largest absolute Gasteiger partial charge is 0.342 e. The molecule has 0 bridgehead atoms. The van der Waals surface area contributed by atoms with Crippen LogP contribution in [0, 0.1) is 12.7 Å². The average Bonchev–Trinajstić information content (AvgIpc) is 3.01. The normalized spacial score (nSPS) is 19.3. The predicted molar refractivity (Wildman–Crippen MR) is 87.0 cm³/mol. The van der Waals surface area contributed by atoms with E-state index in [0.717, 1.165) is 24.9 Å². The van der Waals surface area contributed by atoms with Crippen molar-refractivity contribution < 1.29 is 13.7 Å². The Morgan fingerprint density at radius 1 is 1.50 bits per heavy atom. The smallest absolute Gasteiger partial charge is 0.231 e. The molecule has 3 rings (SSSR count). The highest BCUT2D eigenvalue weighted by Gasteiger charge is 2.28. The van der Waals surface area contributed by atoms with Crippen molar-refractivity contribution >= 4 is 5.91 Å². The minimum Gasteiger partial charge on any atom is -0.342 e. The van der Waals surface area contributed by atoms with Crippen LogP contribution in [0.25, 0.3) is 0 Å². The Balaban J connectivity index is 1.62. The van der Waals surface area contributed by atoms with E-state index in [4.69, 9.17) is 4.52 Å². The number of halogens is 1. The van der Waals surface area contributed by atoms with E-state index >= 15 is 0 Å². The van der Waals surface area contributed by atoms with Gasteiger partial charge in [-0.15, -0.1) is 0 Å². The summed E-state index contributed by atoms with van der Waals surface area (Å²) in [5.74, 6) is 1.15. The maximum atomic E-state index is 13.3. The summed E-state index contributed by atoms with van der Waals surface area (Å²) in [6.45, 7) is 5.10. The van der Waals surface area contributed by atoms with Crippen LogP contribution in [0.5, 0.6) is 0 Å².